The number of nitriles is 1. The molecule has 2 aromatic rings. The van der Waals surface area contributed by atoms with Crippen molar-refractivity contribution < 1.29 is 4.74 Å². The first kappa shape index (κ1) is 13.2. The Balaban J connectivity index is 1.81. The Morgan fingerprint density at radius 2 is 1.77 bits per heavy atom. The monoisotopic (exact) mass is 290 g/mol. The van der Waals surface area contributed by atoms with E-state index in [1.165, 1.54) is 12.8 Å². The molecular formula is C19H18N2O. The molecule has 3 nitrogen and oxygen atoms in total. The molecule has 0 amide bonds. The number of fused-ring (bicyclic) bond motifs is 2. The molecular weight excluding hydrogens is 272 g/mol. The molecule has 0 saturated heterocycles. The van der Waals surface area contributed by atoms with Crippen LogP contribution in [0.5, 0.6) is 5.75 Å². The van der Waals surface area contributed by atoms with Gasteiger partial charge in [0.15, 0.2) is 0 Å². The van der Waals surface area contributed by atoms with E-state index in [-0.39, 0.29) is 6.10 Å². The summed E-state index contributed by atoms with van der Waals surface area (Å²) in [7, 11) is 0. The fraction of sp³-hybridized carbons (Fsp3) is 0.316. The Bertz CT molecular complexity index is 717. The fourth-order valence-electron chi connectivity index (χ4n) is 3.63. The summed E-state index contributed by atoms with van der Waals surface area (Å²) in [6.45, 7) is 0. The van der Waals surface area contributed by atoms with Crippen molar-refractivity contribution in [2.24, 2.45) is 0 Å². The van der Waals surface area contributed by atoms with Gasteiger partial charge in [-0.2, -0.15) is 5.26 Å². The van der Waals surface area contributed by atoms with E-state index in [0.29, 0.717) is 11.6 Å². The van der Waals surface area contributed by atoms with Gasteiger partial charge in [-0.3, -0.25) is 0 Å². The predicted molar refractivity (Wildman–Crippen MR) is 86.4 cm³/mol. The molecule has 1 aliphatic carbocycles. The summed E-state index contributed by atoms with van der Waals surface area (Å²) in [6.07, 6.45) is 5.02. The number of hydrogen-bond donors (Lipinski definition) is 0. The zero-order valence-corrected chi connectivity index (χ0v) is 12.4. The number of ether oxygens (including phenoxy) is 1. The van der Waals surface area contributed by atoms with E-state index in [0.717, 1.165) is 30.0 Å². The van der Waals surface area contributed by atoms with Crippen molar-refractivity contribution in [1.29, 1.82) is 5.26 Å². The second-order valence-corrected chi connectivity index (χ2v) is 6.00. The van der Waals surface area contributed by atoms with Crippen LogP contribution in [0.15, 0.2) is 48.5 Å². The summed E-state index contributed by atoms with van der Waals surface area (Å²) in [6, 6.07) is 18.7. The molecule has 22 heavy (non-hydrogen) atoms. The van der Waals surface area contributed by atoms with Crippen molar-refractivity contribution in [3.05, 3.63) is 54.1 Å². The lowest BCUT2D eigenvalue weighted by molar-refractivity contribution is 0.120. The highest BCUT2D eigenvalue weighted by atomic mass is 16.5. The van der Waals surface area contributed by atoms with Gasteiger partial charge in [0.1, 0.15) is 11.9 Å². The van der Waals surface area contributed by atoms with Crippen LogP contribution in [0, 0.1) is 11.3 Å². The molecule has 4 rings (SSSR count). The van der Waals surface area contributed by atoms with Gasteiger partial charge in [-0.25, -0.2) is 0 Å². The molecule has 0 aromatic heterocycles. The quantitative estimate of drug-likeness (QED) is 0.781. The molecule has 2 unspecified atom stereocenters. The van der Waals surface area contributed by atoms with Crippen LogP contribution in [0.3, 0.4) is 0 Å². The molecule has 2 aromatic carbocycles. The minimum atomic E-state index is 0.263. The summed E-state index contributed by atoms with van der Waals surface area (Å²) in [4.78, 5) is 2.41. The Morgan fingerprint density at radius 3 is 2.59 bits per heavy atom. The molecule has 2 aliphatic rings. The fourth-order valence-corrected chi connectivity index (χ4v) is 3.63. The summed E-state index contributed by atoms with van der Waals surface area (Å²) < 4.78 is 6.24. The molecule has 0 bridgehead atoms. The molecule has 0 N–H and O–H groups in total. The normalized spacial score (nSPS) is 23.0. The van der Waals surface area contributed by atoms with Crippen LogP contribution in [0.25, 0.3) is 0 Å². The van der Waals surface area contributed by atoms with Gasteiger partial charge in [0.2, 0.25) is 0 Å². The third-order valence-corrected chi connectivity index (χ3v) is 4.68. The van der Waals surface area contributed by atoms with Gasteiger partial charge in [0.25, 0.3) is 0 Å². The second-order valence-electron chi connectivity index (χ2n) is 6.00. The van der Waals surface area contributed by atoms with Gasteiger partial charge in [-0.15, -0.1) is 0 Å². The maximum atomic E-state index is 9.00. The van der Waals surface area contributed by atoms with Crippen LogP contribution in [-0.4, -0.2) is 12.1 Å². The van der Waals surface area contributed by atoms with E-state index in [9.17, 15) is 0 Å². The smallest absolute Gasteiger partial charge is 0.143 e. The summed E-state index contributed by atoms with van der Waals surface area (Å²) in [5.41, 5.74) is 2.98. The maximum absolute atomic E-state index is 9.00. The van der Waals surface area contributed by atoms with E-state index in [1.54, 1.807) is 0 Å². The Hall–Kier alpha value is -2.47. The van der Waals surface area contributed by atoms with Gasteiger partial charge < -0.3 is 9.64 Å². The molecule has 3 heteroatoms. The predicted octanol–water partition coefficient (Wildman–Crippen LogP) is 4.40. The van der Waals surface area contributed by atoms with Crippen molar-refractivity contribution >= 4 is 11.4 Å². The zero-order valence-electron chi connectivity index (χ0n) is 12.4. The number of benzene rings is 2. The molecule has 1 fully saturated rings. The topological polar surface area (TPSA) is 36.3 Å². The van der Waals surface area contributed by atoms with Gasteiger partial charge >= 0.3 is 0 Å². The number of para-hydroxylation sites is 2. The van der Waals surface area contributed by atoms with Crippen LogP contribution in [0.1, 0.15) is 31.2 Å². The van der Waals surface area contributed by atoms with Crippen LogP contribution < -0.4 is 9.64 Å². The number of rotatable bonds is 1. The maximum Gasteiger partial charge on any atom is 0.143 e. The van der Waals surface area contributed by atoms with Crippen molar-refractivity contribution in [3.8, 4) is 11.8 Å². The minimum absolute atomic E-state index is 0.263. The van der Waals surface area contributed by atoms with E-state index in [4.69, 9.17) is 10.00 Å². The molecule has 1 heterocycles. The SMILES string of the molecule is N#Cc1ccc(N2c3ccccc3OC3CCCCC32)cc1. The largest absolute Gasteiger partial charge is 0.486 e. The van der Waals surface area contributed by atoms with E-state index in [1.807, 2.05) is 30.3 Å². The molecule has 2 atom stereocenters. The van der Waals surface area contributed by atoms with Gasteiger partial charge in [0.05, 0.1) is 23.4 Å². The van der Waals surface area contributed by atoms with Crippen LogP contribution in [-0.2, 0) is 0 Å². The Morgan fingerprint density at radius 1 is 1.00 bits per heavy atom. The zero-order chi connectivity index (χ0) is 14.9. The van der Waals surface area contributed by atoms with Crippen LogP contribution >= 0.6 is 0 Å². The summed E-state index contributed by atoms with van der Waals surface area (Å²) >= 11 is 0. The van der Waals surface area contributed by atoms with Crippen molar-refractivity contribution in [2.45, 2.75) is 37.8 Å². The average molecular weight is 290 g/mol. The number of nitrogens with zero attached hydrogens (tertiary/aromatic N) is 2. The lowest BCUT2D eigenvalue weighted by Gasteiger charge is -2.45. The lowest BCUT2D eigenvalue weighted by atomic mass is 9.89. The summed E-state index contributed by atoms with van der Waals surface area (Å²) in [5, 5.41) is 9.00. The molecule has 0 spiro atoms. The highest BCUT2D eigenvalue weighted by Gasteiger charge is 2.37. The van der Waals surface area contributed by atoms with E-state index in [2.05, 4.69) is 29.2 Å². The summed E-state index contributed by atoms with van der Waals surface area (Å²) in [5.74, 6) is 0.968. The molecule has 1 saturated carbocycles. The van der Waals surface area contributed by atoms with E-state index < -0.39 is 0 Å². The van der Waals surface area contributed by atoms with Crippen LogP contribution in [0.4, 0.5) is 11.4 Å². The highest BCUT2D eigenvalue weighted by Crippen LogP contribution is 2.44. The Labute approximate surface area is 130 Å². The number of anilines is 2. The Kier molecular flexibility index (Phi) is 3.23. The average Bonchev–Trinajstić information content (AvgIpc) is 2.60. The number of hydrogen-bond acceptors (Lipinski definition) is 3. The van der Waals surface area contributed by atoms with Crippen LogP contribution in [0.2, 0.25) is 0 Å². The first-order valence-corrected chi connectivity index (χ1v) is 7.92. The van der Waals surface area contributed by atoms with Crippen molar-refractivity contribution in [1.82, 2.24) is 0 Å². The van der Waals surface area contributed by atoms with Crippen molar-refractivity contribution in [2.75, 3.05) is 4.90 Å². The first-order chi connectivity index (χ1) is 10.9. The highest BCUT2D eigenvalue weighted by molar-refractivity contribution is 5.72. The van der Waals surface area contributed by atoms with Gasteiger partial charge in [-0.05, 0) is 55.7 Å². The standard InChI is InChI=1S/C19H18N2O/c20-13-14-9-11-15(12-10-14)21-16-5-1-3-7-18(16)22-19-8-4-2-6-17(19)21/h1,3,5,7,9-12,17,19H,2,4,6,8H2. The molecule has 110 valence electrons. The molecule has 1 aliphatic heterocycles. The van der Waals surface area contributed by atoms with E-state index >= 15 is 0 Å². The third-order valence-electron chi connectivity index (χ3n) is 4.68. The third kappa shape index (κ3) is 2.12. The van der Waals surface area contributed by atoms with Gasteiger partial charge in [-0.1, -0.05) is 18.6 Å². The lowest BCUT2D eigenvalue weighted by Crippen LogP contribution is -2.49. The van der Waals surface area contributed by atoms with Crippen molar-refractivity contribution in [3.63, 3.8) is 0 Å². The van der Waals surface area contributed by atoms with Gasteiger partial charge in [0, 0.05) is 5.69 Å². The first-order valence-electron chi connectivity index (χ1n) is 7.92. The second kappa shape index (κ2) is 5.38. The molecule has 0 radical (unpaired) electrons. The minimum Gasteiger partial charge on any atom is -0.486 e.